The van der Waals surface area contributed by atoms with Gasteiger partial charge in [-0.3, -0.25) is 24.0 Å². The van der Waals surface area contributed by atoms with E-state index in [2.05, 4.69) is 20.7 Å². The van der Waals surface area contributed by atoms with Gasteiger partial charge in [0.05, 0.1) is 39.0 Å². The largest absolute Gasteiger partial charge is 0.466 e. The number of azide groups is 1. The van der Waals surface area contributed by atoms with Crippen molar-refractivity contribution in [3.05, 3.63) is 70.6 Å². The molecule has 1 fully saturated rings. The van der Waals surface area contributed by atoms with E-state index in [0.29, 0.717) is 19.3 Å². The van der Waals surface area contributed by atoms with E-state index < -0.39 is 78.9 Å². The summed E-state index contributed by atoms with van der Waals surface area (Å²) in [5.41, 5.74) is 11.6. The van der Waals surface area contributed by atoms with E-state index in [1.807, 2.05) is 30.3 Å². The van der Waals surface area contributed by atoms with Crippen molar-refractivity contribution in [2.45, 2.75) is 96.0 Å². The number of carbonyl (C=O) groups excluding carboxylic acids is 6. The lowest BCUT2D eigenvalue weighted by Crippen LogP contribution is -2.68. The first-order chi connectivity index (χ1) is 25.8. The smallest absolute Gasteiger partial charge is 0.366 e. The van der Waals surface area contributed by atoms with Crippen molar-refractivity contribution < 1.29 is 57.2 Å². The molecule has 0 saturated carbocycles. The summed E-state index contributed by atoms with van der Waals surface area (Å²) in [6, 6.07) is 13.8. The van der Waals surface area contributed by atoms with Crippen LogP contribution in [-0.2, 0) is 52.4 Å². The number of rotatable bonds is 19. The lowest BCUT2D eigenvalue weighted by molar-refractivity contribution is -0.301. The van der Waals surface area contributed by atoms with E-state index in [9.17, 15) is 34.3 Å². The molecule has 2 aromatic carbocycles. The summed E-state index contributed by atoms with van der Waals surface area (Å²) in [5.74, 6) is -6.50. The lowest BCUT2D eigenvalue weighted by Gasteiger charge is -2.48. The molecule has 54 heavy (non-hydrogen) atoms. The molecule has 0 aromatic heterocycles. The standard InChI is InChI=1S/C37H47N5O12/c1-6-50-31(46)15-11-8-12-20-51-37(36(48)49-5)21-29(41-42-38)32(40-23(2)43)34(54-37)33(53-25(4)45)30(52-24(3)44)22-39-35(47)28-18-16-27(17-19-28)26-13-9-7-10-14-26/h7,9-10,13-14,16-19,29-30,32-34H,6,8,11-12,15,20-22H2,1-5H3,(H,39,47)(H,40,43)/t29-,30-,32-,33-,34?,37-/m1/s1. The number of methoxy groups -OCH3 is 1. The first kappa shape index (κ1) is 42.9. The number of hydrogen-bond donors (Lipinski definition) is 2. The SMILES string of the molecule is CCOC(=O)CCCCCO[C@]1(C(=O)OC)C[C@@H](N=[N+]=[N-])[C@@H](NC(C)=O)C([C@H](OC(C)=O)[C@@H](CNC(=O)c2ccc(-c3ccccc3)cc2)OC(C)=O)O1. The lowest BCUT2D eigenvalue weighted by atomic mass is 9.86. The normalized spacial score (nSPS) is 20.2. The van der Waals surface area contributed by atoms with Gasteiger partial charge in [-0.05, 0) is 48.6 Å². The van der Waals surface area contributed by atoms with Crippen LogP contribution >= 0.6 is 0 Å². The number of carbonyl (C=O) groups is 6. The first-order valence-electron chi connectivity index (χ1n) is 17.5. The molecule has 0 radical (unpaired) electrons. The molecule has 2 aromatic rings. The van der Waals surface area contributed by atoms with Gasteiger partial charge in [0.1, 0.15) is 6.10 Å². The maximum Gasteiger partial charge on any atom is 0.366 e. The third-order valence-electron chi connectivity index (χ3n) is 8.33. The summed E-state index contributed by atoms with van der Waals surface area (Å²) in [4.78, 5) is 79.0. The second-order valence-electron chi connectivity index (χ2n) is 12.4. The Morgan fingerprint density at radius 2 is 1.61 bits per heavy atom. The molecular formula is C37H47N5O12. The number of nitrogens with zero attached hydrogens (tertiary/aromatic N) is 3. The molecule has 1 unspecified atom stereocenters. The molecule has 6 atom stereocenters. The Morgan fingerprint density at radius 1 is 0.944 bits per heavy atom. The van der Waals surface area contributed by atoms with Gasteiger partial charge in [0.15, 0.2) is 12.2 Å². The molecule has 1 aliphatic rings. The predicted molar refractivity (Wildman–Crippen MR) is 191 cm³/mol. The molecule has 17 heteroatoms. The third kappa shape index (κ3) is 12.6. The fraction of sp³-hybridized carbons (Fsp3) is 0.514. The molecule has 0 bridgehead atoms. The number of esters is 4. The third-order valence-corrected chi connectivity index (χ3v) is 8.33. The number of amides is 2. The van der Waals surface area contributed by atoms with Crippen molar-refractivity contribution in [2.24, 2.45) is 5.11 Å². The van der Waals surface area contributed by atoms with Crippen molar-refractivity contribution in [3.8, 4) is 11.1 Å². The number of nitrogens with one attached hydrogen (secondary N) is 2. The van der Waals surface area contributed by atoms with Gasteiger partial charge in [-0.25, -0.2) is 4.79 Å². The summed E-state index contributed by atoms with van der Waals surface area (Å²) in [6.45, 7) is 4.81. The molecule has 1 heterocycles. The van der Waals surface area contributed by atoms with Crippen molar-refractivity contribution in [3.63, 3.8) is 0 Å². The second-order valence-corrected chi connectivity index (χ2v) is 12.4. The topological polar surface area (TPSA) is 231 Å². The van der Waals surface area contributed by atoms with Crippen LogP contribution in [0.2, 0.25) is 0 Å². The Labute approximate surface area is 312 Å². The minimum absolute atomic E-state index is 0.0941. The monoisotopic (exact) mass is 753 g/mol. The Hall–Kier alpha value is -5.51. The summed E-state index contributed by atoms with van der Waals surface area (Å²) in [5, 5.41) is 9.15. The minimum Gasteiger partial charge on any atom is -0.466 e. The average Bonchev–Trinajstić information content (AvgIpc) is 3.14. The Balaban J connectivity index is 1.96. The van der Waals surface area contributed by atoms with Gasteiger partial charge in [-0.15, -0.1) is 0 Å². The number of benzene rings is 2. The number of unbranched alkanes of at least 4 members (excludes halogenated alkanes) is 2. The van der Waals surface area contributed by atoms with E-state index >= 15 is 0 Å². The molecule has 1 aliphatic heterocycles. The summed E-state index contributed by atoms with van der Waals surface area (Å²) < 4.78 is 33.6. The number of hydrogen-bond acceptors (Lipinski definition) is 13. The summed E-state index contributed by atoms with van der Waals surface area (Å²) in [6.07, 6.45) is -3.60. The van der Waals surface area contributed by atoms with Crippen LogP contribution in [0, 0.1) is 0 Å². The Kier molecular flexibility index (Phi) is 16.9. The van der Waals surface area contributed by atoms with E-state index in [-0.39, 0.29) is 31.2 Å². The molecule has 2 N–H and O–H groups in total. The Bertz CT molecular complexity index is 1650. The summed E-state index contributed by atoms with van der Waals surface area (Å²) >= 11 is 0. The van der Waals surface area contributed by atoms with Gasteiger partial charge in [-0.2, -0.15) is 0 Å². The predicted octanol–water partition coefficient (Wildman–Crippen LogP) is 3.93. The van der Waals surface area contributed by atoms with Crippen molar-refractivity contribution in [1.82, 2.24) is 10.6 Å². The van der Waals surface area contributed by atoms with Gasteiger partial charge in [-0.1, -0.05) is 54.0 Å². The van der Waals surface area contributed by atoms with Gasteiger partial charge >= 0.3 is 23.9 Å². The van der Waals surface area contributed by atoms with Crippen LogP contribution in [0.1, 0.15) is 70.2 Å². The molecule has 17 nitrogen and oxygen atoms in total. The van der Waals surface area contributed by atoms with E-state index in [0.717, 1.165) is 32.1 Å². The second kappa shape index (κ2) is 21.3. The van der Waals surface area contributed by atoms with Gasteiger partial charge < -0.3 is 39.1 Å². The molecule has 2 amide bonds. The first-order valence-corrected chi connectivity index (χ1v) is 17.5. The van der Waals surface area contributed by atoms with Crippen molar-refractivity contribution in [1.29, 1.82) is 0 Å². The van der Waals surface area contributed by atoms with Gasteiger partial charge in [0.2, 0.25) is 5.91 Å². The molecule has 1 saturated heterocycles. The van der Waals surface area contributed by atoms with Gasteiger partial charge in [0.25, 0.3) is 11.7 Å². The molecule has 0 aliphatic carbocycles. The highest BCUT2D eigenvalue weighted by atomic mass is 16.7. The number of ether oxygens (including phenoxy) is 6. The molecule has 3 rings (SSSR count). The van der Waals surface area contributed by atoms with Crippen LogP contribution in [0.3, 0.4) is 0 Å². The zero-order valence-electron chi connectivity index (χ0n) is 31.0. The van der Waals surface area contributed by atoms with Crippen LogP contribution in [0.4, 0.5) is 0 Å². The summed E-state index contributed by atoms with van der Waals surface area (Å²) in [7, 11) is 1.08. The maximum absolute atomic E-state index is 13.5. The van der Waals surface area contributed by atoms with Crippen LogP contribution in [0.25, 0.3) is 21.6 Å². The molecular weight excluding hydrogens is 706 g/mol. The molecule has 0 spiro atoms. The highest BCUT2D eigenvalue weighted by molar-refractivity contribution is 5.94. The average molecular weight is 754 g/mol. The fourth-order valence-corrected chi connectivity index (χ4v) is 6.01. The van der Waals surface area contributed by atoms with Gasteiger partial charge in [0, 0.05) is 44.1 Å². The van der Waals surface area contributed by atoms with E-state index in [1.165, 1.54) is 6.92 Å². The minimum atomic E-state index is -2.27. The van der Waals surface area contributed by atoms with Crippen LogP contribution in [0.15, 0.2) is 59.7 Å². The zero-order valence-corrected chi connectivity index (χ0v) is 31.0. The van der Waals surface area contributed by atoms with Crippen LogP contribution in [0.5, 0.6) is 0 Å². The Morgan fingerprint density at radius 3 is 2.20 bits per heavy atom. The van der Waals surface area contributed by atoms with E-state index in [4.69, 9.17) is 28.4 Å². The van der Waals surface area contributed by atoms with Crippen molar-refractivity contribution in [2.75, 3.05) is 26.9 Å². The highest BCUT2D eigenvalue weighted by Crippen LogP contribution is 2.37. The maximum atomic E-state index is 13.5. The quantitative estimate of drug-likeness (QED) is 0.0519. The van der Waals surface area contributed by atoms with Crippen LogP contribution in [-0.4, -0.2) is 98.7 Å². The molecule has 292 valence electrons. The zero-order chi connectivity index (χ0) is 39.7. The highest BCUT2D eigenvalue weighted by Gasteiger charge is 2.57. The van der Waals surface area contributed by atoms with Crippen LogP contribution < -0.4 is 10.6 Å². The van der Waals surface area contributed by atoms with Crippen molar-refractivity contribution >= 4 is 35.7 Å². The van der Waals surface area contributed by atoms with E-state index in [1.54, 1.807) is 31.2 Å². The fourth-order valence-electron chi connectivity index (χ4n) is 6.01.